The molecule has 3 nitrogen and oxygen atoms in total. The molecule has 0 atom stereocenters. The van der Waals surface area contributed by atoms with Gasteiger partial charge in [-0.2, -0.15) is 0 Å². The van der Waals surface area contributed by atoms with E-state index in [1.54, 1.807) is 0 Å². The molecule has 0 spiro atoms. The third-order valence-corrected chi connectivity index (χ3v) is 0. The Hall–Kier alpha value is 0.820. The summed E-state index contributed by atoms with van der Waals surface area (Å²) in [4.78, 5) is 0. The van der Waals surface area contributed by atoms with Crippen molar-refractivity contribution in [2.45, 2.75) is 0 Å². The maximum absolute atomic E-state index is 6.06. The number of nitrogens with two attached hydrogens (primary N) is 2. The second-order valence-electron chi connectivity index (χ2n) is 0.455. The van der Waals surface area contributed by atoms with Crippen LogP contribution in [-0.4, -0.2) is 43.7 Å². The van der Waals surface area contributed by atoms with Crippen molar-refractivity contribution in [3.63, 3.8) is 0 Å². The van der Waals surface area contributed by atoms with Crippen molar-refractivity contribution in [1.82, 2.24) is 0 Å². The fourth-order valence-electron chi connectivity index (χ4n) is 0. The average molecular weight is 138 g/mol. The van der Waals surface area contributed by atoms with Crippen molar-refractivity contribution in [2.24, 2.45) is 11.5 Å². The zero-order valence-electron chi connectivity index (χ0n) is 5.27. The predicted octanol–water partition coefficient (Wildman–Crippen LogP) is -0.895. The Morgan fingerprint density at radius 2 is 1.50 bits per heavy atom. The van der Waals surface area contributed by atoms with Crippen LogP contribution in [0.3, 0.4) is 0 Å². The quantitative estimate of drug-likeness (QED) is 0.230. The van der Waals surface area contributed by atoms with Crippen LogP contribution in [-0.2, 0) is 0 Å². The summed E-state index contributed by atoms with van der Waals surface area (Å²) in [5.74, 6) is -0.333. The van der Waals surface area contributed by atoms with Gasteiger partial charge in [0.1, 0.15) is 0 Å². The van der Waals surface area contributed by atoms with Crippen LogP contribution in [0.1, 0.15) is 2.85 Å². The maximum Gasteiger partial charge on any atom is 2.00 e. The monoisotopic (exact) mass is 137 g/mol. The van der Waals surface area contributed by atoms with E-state index in [0.29, 0.717) is 0 Å². The van der Waals surface area contributed by atoms with Crippen LogP contribution in [0, 0.1) is 5.41 Å². The summed E-state index contributed by atoms with van der Waals surface area (Å²) in [5.41, 5.74) is 8.94. The summed E-state index contributed by atoms with van der Waals surface area (Å²) in [6.45, 7) is 0. The van der Waals surface area contributed by atoms with Gasteiger partial charge in [-0.25, -0.2) is 0 Å². The molecule has 0 aliphatic rings. The van der Waals surface area contributed by atoms with Gasteiger partial charge in [-0.1, -0.05) is 0 Å². The van der Waals surface area contributed by atoms with E-state index in [1.807, 2.05) is 0 Å². The average Bonchev–Trinajstić information content (AvgIpc) is 0.811. The van der Waals surface area contributed by atoms with Crippen molar-refractivity contribution in [3.8, 4) is 0 Å². The van der Waals surface area contributed by atoms with E-state index in [4.69, 9.17) is 5.41 Å². The van der Waals surface area contributed by atoms with Crippen molar-refractivity contribution in [1.29, 1.82) is 5.41 Å². The van der Waals surface area contributed by atoms with Crippen molar-refractivity contribution < 1.29 is 2.85 Å². The third-order valence-electron chi connectivity index (χ3n) is 0. The Labute approximate surface area is 75.3 Å². The van der Waals surface area contributed by atoms with Crippen LogP contribution >= 0.6 is 12.4 Å². The van der Waals surface area contributed by atoms with E-state index in [2.05, 4.69) is 11.5 Å². The largest absolute Gasteiger partial charge is 2.00 e. The molecule has 5 N–H and O–H groups in total. The van der Waals surface area contributed by atoms with E-state index in [1.165, 1.54) is 0 Å². The molecule has 5 heteroatoms. The number of guanidine groups is 1. The summed E-state index contributed by atoms with van der Waals surface area (Å²) in [6, 6.07) is 0. The molecule has 0 unspecified atom stereocenters. The van der Waals surface area contributed by atoms with Crippen LogP contribution in [0.4, 0.5) is 0 Å². The molecule has 0 radical (unpaired) electrons. The number of nitrogens with one attached hydrogen (secondary N) is 1. The zero-order valence-corrected chi connectivity index (χ0v) is 6.29. The summed E-state index contributed by atoms with van der Waals surface area (Å²) in [6.07, 6.45) is 0. The van der Waals surface area contributed by atoms with Gasteiger partial charge in [0.15, 0.2) is 5.96 Å². The summed E-state index contributed by atoms with van der Waals surface area (Å²) in [5, 5.41) is 6.06. The van der Waals surface area contributed by atoms with Crippen molar-refractivity contribution in [2.75, 3.05) is 0 Å². The molecule has 0 fully saturated rings. The Morgan fingerprint density at radius 3 is 1.50 bits per heavy atom. The van der Waals surface area contributed by atoms with Crippen LogP contribution in [0.2, 0.25) is 0 Å². The van der Waals surface area contributed by atoms with Gasteiger partial charge in [0.2, 0.25) is 0 Å². The smallest absolute Gasteiger partial charge is 1.00 e. The van der Waals surface area contributed by atoms with E-state index >= 15 is 0 Å². The van der Waals surface area contributed by atoms with Gasteiger partial charge >= 0.3 is 37.7 Å². The van der Waals surface area contributed by atoms with Gasteiger partial charge < -0.3 is 14.3 Å². The molecule has 0 aliphatic carbocycles. The fraction of sp³-hybridized carbons (Fsp3) is 0. The number of hydrogen-bond acceptors (Lipinski definition) is 1. The van der Waals surface area contributed by atoms with Gasteiger partial charge in [0.05, 0.1) is 0 Å². The number of halogens is 1. The SMILES string of the molecule is Cl.N=C(N)N.[Ca+2].[H-].[H-]. The van der Waals surface area contributed by atoms with Crippen LogP contribution < -0.4 is 11.5 Å². The summed E-state index contributed by atoms with van der Waals surface area (Å²) < 4.78 is 0. The third kappa shape index (κ3) is 105. The van der Waals surface area contributed by atoms with Gasteiger partial charge in [-0.3, -0.25) is 5.41 Å². The number of hydrogen-bond donors (Lipinski definition) is 3. The first kappa shape index (κ1) is 15.8. The van der Waals surface area contributed by atoms with E-state index in [9.17, 15) is 0 Å². The number of rotatable bonds is 0. The molecule has 36 valence electrons. The van der Waals surface area contributed by atoms with Crippen LogP contribution in [0.5, 0.6) is 0 Å². The minimum atomic E-state index is -0.333. The summed E-state index contributed by atoms with van der Waals surface area (Å²) >= 11 is 0. The molecule has 0 saturated heterocycles. The Morgan fingerprint density at radius 1 is 1.50 bits per heavy atom. The maximum atomic E-state index is 6.06. The van der Waals surface area contributed by atoms with Gasteiger partial charge in [-0.15, -0.1) is 12.4 Å². The van der Waals surface area contributed by atoms with E-state index in [0.717, 1.165) is 0 Å². The van der Waals surface area contributed by atoms with Crippen molar-refractivity contribution in [3.05, 3.63) is 0 Å². The molecule has 0 aromatic carbocycles. The van der Waals surface area contributed by atoms with Crippen LogP contribution in [0.25, 0.3) is 0 Å². The molecule has 0 aromatic rings. The topological polar surface area (TPSA) is 75.9 Å². The van der Waals surface area contributed by atoms with Gasteiger partial charge in [0, 0.05) is 0 Å². The molecule has 0 rings (SSSR count). The minimum Gasteiger partial charge on any atom is -1.00 e. The second kappa shape index (κ2) is 9.27. The van der Waals surface area contributed by atoms with Gasteiger partial charge in [-0.05, 0) is 0 Å². The van der Waals surface area contributed by atoms with Gasteiger partial charge in [0.25, 0.3) is 0 Å². The Bertz CT molecular complexity index is 40.3. The Balaban J connectivity index is -0.00000000750. The molecule has 0 saturated carbocycles. The van der Waals surface area contributed by atoms with E-state index in [-0.39, 0.29) is 59.0 Å². The molecule has 0 aromatic heterocycles. The molecular formula is CH8CaClN3. The molecular weight excluding hydrogens is 130 g/mol. The summed E-state index contributed by atoms with van der Waals surface area (Å²) in [7, 11) is 0. The molecule has 0 amide bonds. The first-order valence-corrected chi connectivity index (χ1v) is 0.827. The second-order valence-corrected chi connectivity index (χ2v) is 0.455. The Kier molecular flexibility index (Phi) is 24.4. The van der Waals surface area contributed by atoms with Crippen molar-refractivity contribution >= 4 is 56.1 Å². The molecule has 6 heavy (non-hydrogen) atoms. The molecule has 0 heterocycles. The van der Waals surface area contributed by atoms with E-state index < -0.39 is 0 Å². The molecule has 0 aliphatic heterocycles. The predicted molar refractivity (Wildman–Crippen MR) is 31.3 cm³/mol. The minimum absolute atomic E-state index is 0. The standard InChI is InChI=1S/CH5N3.Ca.ClH.2H/c2-1(3)4;;;;/h(H5,2,3,4);;1H;;/q;+2;;2*-1. The zero-order chi connectivity index (χ0) is 3.58. The van der Waals surface area contributed by atoms with Crippen LogP contribution in [0.15, 0.2) is 0 Å². The molecule has 0 bridgehead atoms. The normalized spacial score (nSPS) is 4.00. The fourth-order valence-corrected chi connectivity index (χ4v) is 0. The first-order valence-electron chi connectivity index (χ1n) is 0.827. The first-order chi connectivity index (χ1) is 1.73.